The quantitative estimate of drug-likeness (QED) is 0.236. The van der Waals surface area contributed by atoms with Gasteiger partial charge in [-0.25, -0.2) is 0 Å². The number of hydrogen-bond donors (Lipinski definition) is 0. The van der Waals surface area contributed by atoms with Crippen molar-refractivity contribution in [3.63, 3.8) is 0 Å². The summed E-state index contributed by atoms with van der Waals surface area (Å²) in [6.07, 6.45) is 0. The first-order chi connectivity index (χ1) is 16.2. The molecule has 0 amide bonds. The van der Waals surface area contributed by atoms with E-state index in [4.69, 9.17) is 28.0 Å². The molecule has 2 aromatic rings. The van der Waals surface area contributed by atoms with E-state index in [0.717, 1.165) is 36.0 Å². The van der Waals surface area contributed by atoms with Gasteiger partial charge in [0.15, 0.2) is 9.03 Å². The van der Waals surface area contributed by atoms with E-state index in [1.807, 2.05) is 62.6 Å². The van der Waals surface area contributed by atoms with E-state index in [1.165, 1.54) is 0 Å². The van der Waals surface area contributed by atoms with E-state index in [-0.39, 0.29) is 9.03 Å². The monoisotopic (exact) mass is 480 g/mol. The number of para-hydroxylation sites is 4. The summed E-state index contributed by atoms with van der Waals surface area (Å²) in [4.78, 5) is 4.22. The molecule has 184 valence electrons. The molecular weight excluding hydrogens is 443 g/mol. The Balaban J connectivity index is 1.41. The van der Waals surface area contributed by atoms with Crippen molar-refractivity contribution in [2.24, 2.45) is 0 Å². The summed E-state index contributed by atoms with van der Waals surface area (Å²) in [5.74, 6) is 1.71. The third-order valence-corrected chi connectivity index (χ3v) is 5.56. The van der Waals surface area contributed by atoms with Crippen LogP contribution < -0.4 is 19.3 Å². The molecule has 0 aliphatic rings. The Bertz CT molecular complexity index is 719. The fraction of sp³-hybridized carbons (Fsp3) is 0.500. The van der Waals surface area contributed by atoms with Gasteiger partial charge >= 0.3 is 0 Å². The van der Waals surface area contributed by atoms with Crippen LogP contribution in [0.25, 0.3) is 0 Å². The molecule has 0 unspecified atom stereocenters. The normalized spacial score (nSPS) is 10.8. The molecule has 0 radical (unpaired) electrons. The molecular formula is C24H37N2O6P. The first kappa shape index (κ1) is 27.2. The Morgan fingerprint density at radius 1 is 0.606 bits per heavy atom. The number of methoxy groups -OCH3 is 2. The third-order valence-electron chi connectivity index (χ3n) is 4.91. The molecule has 33 heavy (non-hydrogen) atoms. The molecule has 0 aliphatic carbocycles. The number of rotatable bonds is 18. The molecule has 0 fully saturated rings. The summed E-state index contributed by atoms with van der Waals surface area (Å²) in [5, 5.41) is 0. The highest BCUT2D eigenvalue weighted by atomic mass is 31.1. The van der Waals surface area contributed by atoms with Gasteiger partial charge < -0.3 is 37.8 Å². The summed E-state index contributed by atoms with van der Waals surface area (Å²) in [6.45, 7) is 4.82. The molecule has 0 aliphatic heterocycles. The van der Waals surface area contributed by atoms with Crippen LogP contribution in [-0.4, -0.2) is 81.0 Å². The minimum absolute atomic E-state index is 0.0157. The van der Waals surface area contributed by atoms with Crippen LogP contribution >= 0.6 is 9.03 Å². The summed E-state index contributed by atoms with van der Waals surface area (Å²) in [7, 11) is 7.38. The van der Waals surface area contributed by atoms with Gasteiger partial charge in [0.2, 0.25) is 0 Å². The second kappa shape index (κ2) is 16.5. The number of hydrogen-bond acceptors (Lipinski definition) is 8. The van der Waals surface area contributed by atoms with E-state index in [1.54, 1.807) is 14.2 Å². The van der Waals surface area contributed by atoms with Crippen LogP contribution in [0, 0.1) is 0 Å². The molecule has 0 saturated carbocycles. The van der Waals surface area contributed by atoms with Crippen molar-refractivity contribution < 1.29 is 28.0 Å². The molecule has 2 aromatic carbocycles. The Morgan fingerprint density at radius 2 is 1.03 bits per heavy atom. The summed E-state index contributed by atoms with van der Waals surface area (Å²) < 4.78 is 33.0. The highest BCUT2D eigenvalue weighted by Crippen LogP contribution is 2.27. The first-order valence-corrected chi connectivity index (χ1v) is 11.8. The maximum atomic E-state index is 5.64. The molecule has 0 spiro atoms. The van der Waals surface area contributed by atoms with Crippen molar-refractivity contribution in [2.45, 2.75) is 0 Å². The second-order valence-electron chi connectivity index (χ2n) is 7.19. The van der Waals surface area contributed by atoms with Crippen molar-refractivity contribution in [2.75, 3.05) is 90.8 Å². The average Bonchev–Trinajstić information content (AvgIpc) is 2.86. The maximum Gasteiger partial charge on any atom is 0.155 e. The van der Waals surface area contributed by atoms with E-state index in [9.17, 15) is 0 Å². The van der Waals surface area contributed by atoms with E-state index < -0.39 is 0 Å². The standard InChI is InChI=1S/C24H37N2O6P/c1-25(21-9-5-7-11-23(21)27-3)13-15-29-17-19-31-33-32-20-18-30-16-14-26(2)22-10-6-8-12-24(22)28-4/h5-12,33H,13-20H2,1-4H3. The fourth-order valence-electron chi connectivity index (χ4n) is 3.06. The third kappa shape index (κ3) is 10.2. The lowest BCUT2D eigenvalue weighted by Gasteiger charge is -2.21. The van der Waals surface area contributed by atoms with Gasteiger partial charge in [0.1, 0.15) is 11.5 Å². The number of benzene rings is 2. The Hall–Kier alpha value is -2.09. The Morgan fingerprint density at radius 3 is 1.45 bits per heavy atom. The molecule has 9 heteroatoms. The lowest BCUT2D eigenvalue weighted by atomic mass is 10.2. The smallest absolute Gasteiger partial charge is 0.155 e. The van der Waals surface area contributed by atoms with E-state index in [0.29, 0.717) is 39.6 Å². The van der Waals surface area contributed by atoms with Crippen molar-refractivity contribution in [1.82, 2.24) is 0 Å². The van der Waals surface area contributed by atoms with E-state index in [2.05, 4.69) is 9.80 Å². The first-order valence-electron chi connectivity index (χ1n) is 11.0. The van der Waals surface area contributed by atoms with Crippen LogP contribution in [0.1, 0.15) is 0 Å². The van der Waals surface area contributed by atoms with Gasteiger partial charge in [-0.2, -0.15) is 0 Å². The van der Waals surface area contributed by atoms with Gasteiger partial charge in [-0.05, 0) is 24.3 Å². The Kier molecular flexibility index (Phi) is 13.6. The van der Waals surface area contributed by atoms with Crippen molar-refractivity contribution in [3.05, 3.63) is 48.5 Å². The summed E-state index contributed by atoms with van der Waals surface area (Å²) >= 11 is 0. The zero-order valence-electron chi connectivity index (χ0n) is 20.1. The van der Waals surface area contributed by atoms with Crippen molar-refractivity contribution in [3.8, 4) is 11.5 Å². The SMILES string of the molecule is COc1ccccc1N(C)CCOCCOPOCCOCCN(C)c1ccccc1OC. The fourth-order valence-corrected chi connectivity index (χ4v) is 3.48. The number of nitrogens with zero attached hydrogens (tertiary/aromatic N) is 2. The van der Waals surface area contributed by atoms with Gasteiger partial charge in [0, 0.05) is 27.2 Å². The van der Waals surface area contributed by atoms with Gasteiger partial charge in [0.25, 0.3) is 0 Å². The van der Waals surface area contributed by atoms with Gasteiger partial charge in [-0.3, -0.25) is 0 Å². The number of anilines is 2. The zero-order chi connectivity index (χ0) is 23.7. The lowest BCUT2D eigenvalue weighted by Crippen LogP contribution is -2.23. The van der Waals surface area contributed by atoms with Crippen LogP contribution in [0.2, 0.25) is 0 Å². The van der Waals surface area contributed by atoms with Crippen molar-refractivity contribution in [1.29, 1.82) is 0 Å². The molecule has 0 atom stereocenters. The number of ether oxygens (including phenoxy) is 4. The van der Waals surface area contributed by atoms with Crippen LogP contribution in [0.3, 0.4) is 0 Å². The second-order valence-corrected chi connectivity index (χ2v) is 7.94. The minimum atomic E-state index is -0.0157. The predicted molar refractivity (Wildman–Crippen MR) is 134 cm³/mol. The number of likely N-dealkylation sites (N-methyl/N-ethyl adjacent to an activating group) is 2. The van der Waals surface area contributed by atoms with Gasteiger partial charge in [0.05, 0.1) is 65.2 Å². The highest BCUT2D eigenvalue weighted by molar-refractivity contribution is 7.26. The average molecular weight is 481 g/mol. The summed E-state index contributed by atoms with van der Waals surface area (Å²) in [6, 6.07) is 15.9. The van der Waals surface area contributed by atoms with Gasteiger partial charge in [-0.15, -0.1) is 0 Å². The molecule has 0 saturated heterocycles. The predicted octanol–water partition coefficient (Wildman–Crippen LogP) is 3.85. The van der Waals surface area contributed by atoms with Gasteiger partial charge in [-0.1, -0.05) is 24.3 Å². The topological polar surface area (TPSA) is 61.9 Å². The molecule has 8 nitrogen and oxygen atoms in total. The zero-order valence-corrected chi connectivity index (χ0v) is 21.1. The van der Waals surface area contributed by atoms with Crippen molar-refractivity contribution >= 4 is 20.4 Å². The lowest BCUT2D eigenvalue weighted by molar-refractivity contribution is 0.0917. The van der Waals surface area contributed by atoms with E-state index >= 15 is 0 Å². The van der Waals surface area contributed by atoms with Crippen LogP contribution in [0.5, 0.6) is 11.5 Å². The van der Waals surface area contributed by atoms with Crippen LogP contribution in [-0.2, 0) is 18.5 Å². The van der Waals surface area contributed by atoms with Crippen LogP contribution in [0.4, 0.5) is 11.4 Å². The summed E-state index contributed by atoms with van der Waals surface area (Å²) in [5.41, 5.74) is 2.09. The maximum absolute atomic E-state index is 5.64. The largest absolute Gasteiger partial charge is 0.495 e. The molecule has 0 N–H and O–H groups in total. The highest BCUT2D eigenvalue weighted by Gasteiger charge is 2.07. The molecule has 0 bridgehead atoms. The Labute approximate surface area is 199 Å². The molecule has 0 aromatic heterocycles. The molecule has 0 heterocycles. The minimum Gasteiger partial charge on any atom is -0.495 e. The van der Waals surface area contributed by atoms with Crippen LogP contribution in [0.15, 0.2) is 48.5 Å². The molecule has 2 rings (SSSR count).